The third kappa shape index (κ3) is 9.89. The number of hydrogen-bond acceptors (Lipinski definition) is 6. The van der Waals surface area contributed by atoms with Crippen LogP contribution in [0.1, 0.15) is 100 Å². The molecule has 0 spiro atoms. The van der Waals surface area contributed by atoms with E-state index < -0.39 is 16.0 Å². The van der Waals surface area contributed by atoms with E-state index in [0.29, 0.717) is 24.9 Å². The van der Waals surface area contributed by atoms with Crippen LogP contribution in [-0.2, 0) is 32.2 Å². The summed E-state index contributed by atoms with van der Waals surface area (Å²) in [6.07, 6.45) is 6.31. The molecule has 2 heterocycles. The molecule has 3 aromatic carbocycles. The maximum atomic E-state index is 13.8. The van der Waals surface area contributed by atoms with Gasteiger partial charge in [0, 0.05) is 36.7 Å². The van der Waals surface area contributed by atoms with Gasteiger partial charge >= 0.3 is 0 Å². The topological polar surface area (TPSA) is 100 Å². The number of benzene rings is 3. The second-order valence-corrected chi connectivity index (χ2v) is 17.8. The second-order valence-electron chi connectivity index (χ2n) is 15.5. The number of aliphatic hydroxyl groups excluding tert-OH is 1. The van der Waals surface area contributed by atoms with Gasteiger partial charge in [-0.2, -0.15) is 0 Å². The number of rotatable bonds is 9. The number of nitrogens with zero attached hydrogens (tertiary/aromatic N) is 1. The van der Waals surface area contributed by atoms with Crippen LogP contribution in [0.5, 0.6) is 0 Å². The summed E-state index contributed by atoms with van der Waals surface area (Å²) in [6.45, 7) is 6.97. The molecule has 52 heavy (non-hydrogen) atoms. The Bertz CT molecular complexity index is 1670. The molecule has 11 heteroatoms. The lowest BCUT2D eigenvalue weighted by Gasteiger charge is -2.50. The zero-order valence-electron chi connectivity index (χ0n) is 30.1. The molecule has 0 bridgehead atoms. The van der Waals surface area contributed by atoms with E-state index in [1.165, 1.54) is 19.3 Å². The van der Waals surface area contributed by atoms with Gasteiger partial charge in [-0.1, -0.05) is 114 Å². The summed E-state index contributed by atoms with van der Waals surface area (Å²) in [5, 5.41) is 15.6. The van der Waals surface area contributed by atoms with Gasteiger partial charge in [0.25, 0.3) is 9.70 Å². The summed E-state index contributed by atoms with van der Waals surface area (Å²) in [5.74, 6) is 0.0218. The van der Waals surface area contributed by atoms with Crippen molar-refractivity contribution in [3.63, 3.8) is 0 Å². The summed E-state index contributed by atoms with van der Waals surface area (Å²) in [6, 6.07) is 24.1. The number of nitrogens with one attached hydrogen (secondary N) is 2. The van der Waals surface area contributed by atoms with Gasteiger partial charge in [0.05, 0.1) is 24.9 Å². The van der Waals surface area contributed by atoms with Crippen LogP contribution in [0.4, 0.5) is 0 Å². The molecule has 280 valence electrons. The van der Waals surface area contributed by atoms with Crippen LogP contribution in [0.3, 0.4) is 0 Å². The minimum absolute atomic E-state index is 0.0193. The van der Waals surface area contributed by atoms with Crippen LogP contribution >= 0.6 is 34.8 Å². The molecular weight excluding hydrogens is 721 g/mol. The Labute approximate surface area is 322 Å². The van der Waals surface area contributed by atoms with Crippen LogP contribution < -0.4 is 10.6 Å². The molecule has 3 N–H and O–H groups in total. The number of fused-ring (bicyclic) bond motifs is 1. The maximum Gasteiger partial charge on any atom is 0.272 e. The molecule has 6 rings (SSSR count). The Kier molecular flexibility index (Phi) is 12.6. The lowest BCUT2D eigenvalue weighted by Crippen LogP contribution is -2.61. The Hall–Kier alpha value is -2.69. The quantitative estimate of drug-likeness (QED) is 0.190. The van der Waals surface area contributed by atoms with Gasteiger partial charge < -0.3 is 25.2 Å². The lowest BCUT2D eigenvalue weighted by atomic mass is 9.75. The summed E-state index contributed by atoms with van der Waals surface area (Å²) in [7, 11) is 0. The van der Waals surface area contributed by atoms with Gasteiger partial charge in [0.1, 0.15) is 0 Å². The molecule has 3 aromatic rings. The summed E-state index contributed by atoms with van der Waals surface area (Å²) in [4.78, 5) is 28.3. The molecule has 0 radical (unpaired) electrons. The van der Waals surface area contributed by atoms with Crippen LogP contribution in [0.25, 0.3) is 11.1 Å². The van der Waals surface area contributed by atoms with Gasteiger partial charge in [-0.25, -0.2) is 0 Å². The SMILES string of the molecule is CC(C)(C)NC(=O)[C@H]1CC[C@H]2CCCC[C@H]2N1C[C@@H]1C[C@H](c2ccc(CO)cc2)O[C@H](c2ccc(-c3cccc(CNC(=O)C(Cl)(Cl)Cl)c3)cc2)O1. The van der Waals surface area contributed by atoms with Crippen molar-refractivity contribution >= 4 is 46.6 Å². The third-order valence-corrected chi connectivity index (χ3v) is 11.0. The van der Waals surface area contributed by atoms with E-state index >= 15 is 0 Å². The number of piperidine rings is 1. The van der Waals surface area contributed by atoms with E-state index in [2.05, 4.69) is 15.5 Å². The number of amides is 2. The highest BCUT2D eigenvalue weighted by atomic mass is 35.6. The first kappa shape index (κ1) is 39.0. The smallest absolute Gasteiger partial charge is 0.272 e. The van der Waals surface area contributed by atoms with Crippen molar-refractivity contribution < 1.29 is 24.2 Å². The summed E-state index contributed by atoms with van der Waals surface area (Å²) < 4.78 is 11.5. The van der Waals surface area contributed by atoms with Crippen LogP contribution in [0.15, 0.2) is 72.8 Å². The van der Waals surface area contributed by atoms with E-state index in [4.69, 9.17) is 44.3 Å². The minimum Gasteiger partial charge on any atom is -0.392 e. The van der Waals surface area contributed by atoms with Crippen LogP contribution in [0, 0.1) is 5.92 Å². The largest absolute Gasteiger partial charge is 0.392 e. The van der Waals surface area contributed by atoms with Crippen molar-refractivity contribution in [2.24, 2.45) is 5.92 Å². The highest BCUT2D eigenvalue weighted by Gasteiger charge is 2.44. The molecule has 3 fully saturated rings. The zero-order valence-corrected chi connectivity index (χ0v) is 32.4. The number of ether oxygens (including phenoxy) is 2. The summed E-state index contributed by atoms with van der Waals surface area (Å²) >= 11 is 17.1. The Balaban J connectivity index is 1.24. The first-order valence-electron chi connectivity index (χ1n) is 18.4. The van der Waals surface area contributed by atoms with Crippen molar-refractivity contribution in [2.75, 3.05) is 6.54 Å². The van der Waals surface area contributed by atoms with Crippen LogP contribution in [-0.4, -0.2) is 55.9 Å². The maximum absolute atomic E-state index is 13.8. The normalized spacial score (nSPS) is 25.6. The Morgan fingerprint density at radius 2 is 1.56 bits per heavy atom. The Morgan fingerprint density at radius 1 is 0.846 bits per heavy atom. The van der Waals surface area contributed by atoms with Crippen LogP contribution in [0.2, 0.25) is 0 Å². The molecule has 2 aliphatic heterocycles. The van der Waals surface area contributed by atoms with Gasteiger partial charge in [-0.15, -0.1) is 0 Å². The van der Waals surface area contributed by atoms with Gasteiger partial charge in [-0.05, 0) is 86.3 Å². The molecule has 0 unspecified atom stereocenters. The molecule has 2 amide bonds. The van der Waals surface area contributed by atoms with Crippen molar-refractivity contribution in [1.82, 2.24) is 15.5 Å². The van der Waals surface area contributed by atoms with Crippen molar-refractivity contribution in [3.8, 4) is 11.1 Å². The van der Waals surface area contributed by atoms with E-state index in [9.17, 15) is 14.7 Å². The highest BCUT2D eigenvalue weighted by molar-refractivity contribution is 6.76. The molecule has 2 saturated heterocycles. The van der Waals surface area contributed by atoms with Gasteiger partial charge in [-0.3, -0.25) is 14.5 Å². The molecule has 8 nitrogen and oxygen atoms in total. The standard InChI is InChI=1S/C41H50Cl3N3O5/c1-40(2,3)46-37(49)35-20-19-29-8-4-5-10-34(29)47(35)24-33-22-36(30-13-11-26(25-48)12-14-30)52-38(51-33)31-17-15-28(16-18-31)32-9-6-7-27(21-32)23-45-39(50)41(42,43)44/h6-7,9,11-18,21,29,33-36,38,48H,4-5,8,10,19-20,22-25H2,1-3H3,(H,45,50)(H,46,49)/t29-,33+,34-,35-,36-,38-/m1/s1. The average Bonchev–Trinajstić information content (AvgIpc) is 3.13. The molecule has 1 aliphatic carbocycles. The number of carbonyl (C=O) groups excluding carboxylic acids is 2. The average molecular weight is 771 g/mol. The molecule has 1 saturated carbocycles. The number of hydrogen-bond donors (Lipinski definition) is 3. The lowest BCUT2D eigenvalue weighted by molar-refractivity contribution is -0.255. The predicted octanol–water partition coefficient (Wildman–Crippen LogP) is 8.32. The minimum atomic E-state index is -2.02. The fraction of sp³-hybridized carbons (Fsp3) is 0.512. The van der Waals surface area contributed by atoms with Crippen molar-refractivity contribution in [2.45, 2.75) is 119 Å². The third-order valence-electron chi connectivity index (χ3n) is 10.5. The molecule has 0 aromatic heterocycles. The number of aliphatic hydroxyl groups is 1. The number of alkyl halides is 3. The van der Waals surface area contributed by atoms with E-state index in [-0.39, 0.29) is 42.8 Å². The van der Waals surface area contributed by atoms with Gasteiger partial charge in [0.15, 0.2) is 6.29 Å². The fourth-order valence-electron chi connectivity index (χ4n) is 7.97. The summed E-state index contributed by atoms with van der Waals surface area (Å²) in [5.41, 5.74) is 5.30. The first-order chi connectivity index (χ1) is 24.8. The van der Waals surface area contributed by atoms with Crippen molar-refractivity contribution in [3.05, 3.63) is 95.1 Å². The predicted molar refractivity (Wildman–Crippen MR) is 206 cm³/mol. The highest BCUT2D eigenvalue weighted by Crippen LogP contribution is 2.42. The molecule has 3 aliphatic rings. The molecular formula is C41H50Cl3N3O5. The van der Waals surface area contributed by atoms with Crippen molar-refractivity contribution in [1.29, 1.82) is 0 Å². The monoisotopic (exact) mass is 769 g/mol. The fourth-order valence-corrected chi connectivity index (χ4v) is 8.17. The zero-order chi connectivity index (χ0) is 37.0. The van der Waals surface area contributed by atoms with E-state index in [0.717, 1.165) is 52.6 Å². The Morgan fingerprint density at radius 3 is 2.25 bits per heavy atom. The number of carbonyl (C=O) groups is 2. The van der Waals surface area contributed by atoms with E-state index in [1.807, 2.05) is 93.6 Å². The first-order valence-corrected chi connectivity index (χ1v) is 19.5. The van der Waals surface area contributed by atoms with E-state index in [1.54, 1.807) is 0 Å². The van der Waals surface area contributed by atoms with Gasteiger partial charge in [0.2, 0.25) is 5.91 Å². The number of likely N-dealkylation sites (tertiary alicyclic amines) is 1. The second kappa shape index (κ2) is 16.8. The number of halogens is 3. The molecule has 6 atom stereocenters.